The first kappa shape index (κ1) is 29.8. The van der Waals surface area contributed by atoms with E-state index in [0.717, 1.165) is 0 Å². The van der Waals surface area contributed by atoms with Gasteiger partial charge in [0.05, 0.1) is 10.5 Å². The Morgan fingerprint density at radius 2 is 1.74 bits per heavy atom. The van der Waals surface area contributed by atoms with Crippen molar-refractivity contribution in [1.29, 1.82) is 0 Å². The zero-order chi connectivity index (χ0) is 28.8. The van der Waals surface area contributed by atoms with Gasteiger partial charge in [-0.3, -0.25) is 9.59 Å². The number of rotatable bonds is 6. The fourth-order valence-electron chi connectivity index (χ4n) is 3.90. The molecule has 1 fully saturated rings. The highest BCUT2D eigenvalue weighted by molar-refractivity contribution is 7.17. The second-order valence-corrected chi connectivity index (χ2v) is 10.6. The van der Waals surface area contributed by atoms with Crippen LogP contribution in [0.2, 0.25) is 0 Å². The Morgan fingerprint density at radius 1 is 1.13 bits per heavy atom. The molecule has 0 unspecified atom stereocenters. The molecule has 15 heteroatoms. The number of aromatic nitrogens is 1. The third-order valence-electron chi connectivity index (χ3n) is 5.97. The average Bonchev–Trinajstić information content (AvgIpc) is 3.41. The van der Waals surface area contributed by atoms with Gasteiger partial charge >= 0.3 is 12.4 Å². The first-order chi connectivity index (χ1) is 17.3. The number of hydrogen-bond acceptors (Lipinski definition) is 6. The molecule has 0 spiro atoms. The minimum Gasteiger partial charge on any atom is -0.389 e. The summed E-state index contributed by atoms with van der Waals surface area (Å²) in [6, 6.07) is 0.463. The lowest BCUT2D eigenvalue weighted by atomic mass is 9.91. The van der Waals surface area contributed by atoms with Gasteiger partial charge in [0.15, 0.2) is 5.01 Å². The third-order valence-corrected chi connectivity index (χ3v) is 7.06. The third kappa shape index (κ3) is 5.64. The van der Waals surface area contributed by atoms with Crippen molar-refractivity contribution < 1.29 is 50.5 Å². The number of aliphatic hydroxyl groups is 2. The second kappa shape index (κ2) is 10.1. The van der Waals surface area contributed by atoms with Crippen LogP contribution in [-0.4, -0.2) is 69.0 Å². The normalized spacial score (nSPS) is 17.2. The van der Waals surface area contributed by atoms with E-state index >= 15 is 4.39 Å². The molecule has 0 bridgehead atoms. The molecule has 1 aliphatic heterocycles. The van der Waals surface area contributed by atoms with E-state index in [1.807, 2.05) is 0 Å². The lowest BCUT2D eigenvalue weighted by Gasteiger charge is -2.32. The Bertz CT molecular complexity index is 1210. The molecule has 3 rings (SSSR count). The standard InChI is InChI=1S/C23H24F7N3O4S/c1-11-5-4-8-33(11)19(35)15-16(38-18(32-15)17(34)31-10-20(2,3)36)13-7-6-12(9-14(13)24)21(37,22(25,26)27)23(28,29)30/h6-7,9,11,36-37H,4-5,8,10H2,1-3H3,(H,31,34)/t11-/m0/s1. The van der Waals surface area contributed by atoms with Crippen LogP contribution in [0.3, 0.4) is 0 Å². The van der Waals surface area contributed by atoms with Crippen molar-refractivity contribution in [1.82, 2.24) is 15.2 Å². The Kier molecular flexibility index (Phi) is 7.89. The van der Waals surface area contributed by atoms with Gasteiger partial charge in [-0.05, 0) is 39.7 Å². The number of thiazole rings is 1. The molecule has 210 valence electrons. The predicted molar refractivity (Wildman–Crippen MR) is 122 cm³/mol. The van der Waals surface area contributed by atoms with Gasteiger partial charge in [0, 0.05) is 30.3 Å². The van der Waals surface area contributed by atoms with Crippen LogP contribution >= 0.6 is 11.3 Å². The number of alkyl halides is 6. The van der Waals surface area contributed by atoms with Gasteiger partial charge < -0.3 is 20.4 Å². The van der Waals surface area contributed by atoms with Crippen molar-refractivity contribution in [3.63, 3.8) is 0 Å². The Morgan fingerprint density at radius 3 is 2.21 bits per heavy atom. The minimum absolute atomic E-state index is 0.114. The van der Waals surface area contributed by atoms with Gasteiger partial charge in [-0.2, -0.15) is 26.3 Å². The molecule has 1 aliphatic rings. The molecule has 38 heavy (non-hydrogen) atoms. The largest absolute Gasteiger partial charge is 0.430 e. The predicted octanol–water partition coefficient (Wildman–Crippen LogP) is 4.39. The van der Waals surface area contributed by atoms with Gasteiger partial charge in [-0.1, -0.05) is 12.1 Å². The molecule has 3 N–H and O–H groups in total. The van der Waals surface area contributed by atoms with Crippen molar-refractivity contribution in [2.75, 3.05) is 13.1 Å². The van der Waals surface area contributed by atoms with Crippen LogP contribution in [0.5, 0.6) is 0 Å². The average molecular weight is 572 g/mol. The molecule has 1 aromatic heterocycles. The fourth-order valence-corrected chi connectivity index (χ4v) is 4.90. The molecule has 1 atom stereocenters. The smallest absolute Gasteiger partial charge is 0.389 e. The van der Waals surface area contributed by atoms with Gasteiger partial charge in [0.25, 0.3) is 17.4 Å². The highest BCUT2D eigenvalue weighted by Gasteiger charge is 2.71. The molecule has 2 amide bonds. The SMILES string of the molecule is C[C@H]1CCCN1C(=O)c1nc(C(=O)NCC(C)(C)O)sc1-c1ccc(C(O)(C(F)(F)F)C(F)(F)F)cc1F. The van der Waals surface area contributed by atoms with Crippen LogP contribution < -0.4 is 5.32 Å². The molecule has 1 aromatic carbocycles. The van der Waals surface area contributed by atoms with Crippen LogP contribution in [0.1, 0.15) is 59.5 Å². The Hall–Kier alpha value is -2.78. The van der Waals surface area contributed by atoms with E-state index in [-0.39, 0.29) is 34.6 Å². The van der Waals surface area contributed by atoms with E-state index in [4.69, 9.17) is 0 Å². The Labute approximate surface area is 216 Å². The topological polar surface area (TPSA) is 103 Å². The lowest BCUT2D eigenvalue weighted by molar-refractivity contribution is -0.376. The van der Waals surface area contributed by atoms with Crippen LogP contribution in [0.15, 0.2) is 18.2 Å². The number of nitrogens with one attached hydrogen (secondary N) is 1. The van der Waals surface area contributed by atoms with E-state index in [2.05, 4.69) is 10.3 Å². The van der Waals surface area contributed by atoms with E-state index in [9.17, 15) is 46.1 Å². The number of carbonyl (C=O) groups is 2. The van der Waals surface area contributed by atoms with Crippen LogP contribution in [0.25, 0.3) is 10.4 Å². The number of nitrogens with zero attached hydrogens (tertiary/aromatic N) is 2. The highest BCUT2D eigenvalue weighted by Crippen LogP contribution is 2.50. The van der Waals surface area contributed by atoms with Crippen molar-refractivity contribution in [2.45, 2.75) is 63.2 Å². The molecular formula is C23H24F7N3O4S. The number of halogens is 7. The Balaban J connectivity index is 2.12. The molecule has 2 aromatic rings. The maximum atomic E-state index is 15.1. The summed E-state index contributed by atoms with van der Waals surface area (Å²) in [5.41, 5.74) is -9.47. The summed E-state index contributed by atoms with van der Waals surface area (Å²) in [6.07, 6.45) is -11.1. The zero-order valence-electron chi connectivity index (χ0n) is 20.3. The molecule has 7 nitrogen and oxygen atoms in total. The van der Waals surface area contributed by atoms with Crippen molar-refractivity contribution in [2.24, 2.45) is 0 Å². The van der Waals surface area contributed by atoms with Crippen LogP contribution in [-0.2, 0) is 5.60 Å². The fraction of sp³-hybridized carbons (Fsp3) is 0.522. The maximum absolute atomic E-state index is 15.1. The number of hydrogen-bond donors (Lipinski definition) is 3. The second-order valence-electron chi connectivity index (χ2n) is 9.58. The van der Waals surface area contributed by atoms with Crippen LogP contribution in [0.4, 0.5) is 30.7 Å². The number of likely N-dealkylation sites (tertiary alicyclic amines) is 1. The monoisotopic (exact) mass is 571 g/mol. The van der Waals surface area contributed by atoms with Gasteiger partial charge in [0.1, 0.15) is 11.5 Å². The zero-order valence-corrected chi connectivity index (χ0v) is 21.1. The maximum Gasteiger partial charge on any atom is 0.430 e. The van der Waals surface area contributed by atoms with E-state index in [1.165, 1.54) is 18.7 Å². The molecule has 0 aliphatic carbocycles. The summed E-state index contributed by atoms with van der Waals surface area (Å²) in [5, 5.41) is 21.5. The summed E-state index contributed by atoms with van der Waals surface area (Å²) in [7, 11) is 0. The van der Waals surface area contributed by atoms with Crippen molar-refractivity contribution >= 4 is 23.2 Å². The van der Waals surface area contributed by atoms with E-state index in [0.29, 0.717) is 36.8 Å². The van der Waals surface area contributed by atoms with Crippen LogP contribution in [0, 0.1) is 5.82 Å². The number of carbonyl (C=O) groups excluding carboxylic acids is 2. The summed E-state index contributed by atoms with van der Waals surface area (Å²) in [5.74, 6) is -3.15. The van der Waals surface area contributed by atoms with E-state index in [1.54, 1.807) is 6.92 Å². The van der Waals surface area contributed by atoms with Gasteiger partial charge in [-0.25, -0.2) is 9.37 Å². The lowest BCUT2D eigenvalue weighted by Crippen LogP contribution is -2.53. The molecular weight excluding hydrogens is 547 g/mol. The number of amides is 2. The first-order valence-electron chi connectivity index (χ1n) is 11.3. The summed E-state index contributed by atoms with van der Waals surface area (Å²) in [4.78, 5) is 31.0. The van der Waals surface area contributed by atoms with Gasteiger partial charge in [-0.15, -0.1) is 11.3 Å². The quantitative estimate of drug-likeness (QED) is 0.447. The first-order valence-corrected chi connectivity index (χ1v) is 12.1. The number of benzene rings is 1. The highest BCUT2D eigenvalue weighted by atomic mass is 32.1. The summed E-state index contributed by atoms with van der Waals surface area (Å²) < 4.78 is 94.7. The summed E-state index contributed by atoms with van der Waals surface area (Å²) >= 11 is 0.499. The molecule has 0 radical (unpaired) electrons. The van der Waals surface area contributed by atoms with Crippen molar-refractivity contribution in [3.05, 3.63) is 40.3 Å². The van der Waals surface area contributed by atoms with Crippen molar-refractivity contribution in [3.8, 4) is 10.4 Å². The molecule has 2 heterocycles. The van der Waals surface area contributed by atoms with Gasteiger partial charge in [0.2, 0.25) is 0 Å². The molecule has 0 saturated carbocycles. The summed E-state index contributed by atoms with van der Waals surface area (Å²) in [6.45, 7) is 4.67. The minimum atomic E-state index is -6.22. The van der Waals surface area contributed by atoms with E-state index < -0.39 is 58.0 Å². The molecule has 1 saturated heterocycles.